The number of allylic oxidation sites excluding steroid dienone is 1. The van der Waals surface area contributed by atoms with Gasteiger partial charge in [0.2, 0.25) is 5.91 Å². The van der Waals surface area contributed by atoms with E-state index in [9.17, 15) is 24.0 Å². The number of carbonyl (C=O) groups excluding carboxylic acids is 1. The van der Waals surface area contributed by atoms with Crippen LogP contribution in [0.25, 0.3) is 0 Å². The van der Waals surface area contributed by atoms with Gasteiger partial charge in [-0.1, -0.05) is 6.08 Å². The molecule has 182 valence electrons. The molecule has 14 heteroatoms. The van der Waals surface area contributed by atoms with Gasteiger partial charge in [-0.15, -0.1) is 0 Å². The summed E-state index contributed by atoms with van der Waals surface area (Å²) in [5, 5.41) is 47.5. The fourth-order valence-electron chi connectivity index (χ4n) is 2.65. The van der Waals surface area contributed by atoms with Crippen molar-refractivity contribution in [2.75, 3.05) is 65.5 Å². The van der Waals surface area contributed by atoms with E-state index in [2.05, 4.69) is 5.32 Å². The minimum atomic E-state index is -1.24. The Kier molecular flexibility index (Phi) is 14.2. The van der Waals surface area contributed by atoms with Crippen molar-refractivity contribution in [2.24, 2.45) is 0 Å². The highest BCUT2D eigenvalue weighted by molar-refractivity contribution is 5.80. The van der Waals surface area contributed by atoms with Crippen molar-refractivity contribution in [1.82, 2.24) is 20.0 Å². The van der Waals surface area contributed by atoms with E-state index in [4.69, 9.17) is 25.5 Å². The maximum Gasteiger partial charge on any atom is 0.317 e. The van der Waals surface area contributed by atoms with Crippen molar-refractivity contribution >= 4 is 29.8 Å². The maximum absolute atomic E-state index is 12.1. The molecule has 32 heavy (non-hydrogen) atoms. The summed E-state index contributed by atoms with van der Waals surface area (Å²) in [5.74, 6) is -5.43. The molecular weight excluding hydrogens is 432 g/mol. The first-order chi connectivity index (χ1) is 15.0. The number of nitrogens with one attached hydrogen (secondary N) is 1. The molecule has 0 aliphatic rings. The Balaban J connectivity index is 5.07. The largest absolute Gasteiger partial charge is 0.480 e. The van der Waals surface area contributed by atoms with E-state index in [0.717, 1.165) is 4.90 Å². The molecule has 0 radical (unpaired) electrons. The number of carbonyl (C=O) groups is 5. The van der Waals surface area contributed by atoms with Crippen molar-refractivity contribution in [2.45, 2.75) is 6.92 Å². The standard InChI is InChI=1S/C18H30N4O10/c1-2-13(12-23)19-14(24)7-21(9-16(27)28)5-3-20(8-15(25)26)4-6-22(10-17(29)30)11-18(31)32/h2,23H,3-12H2,1H3,(H,19,24)(H,25,26)(H,27,28)(H,29,30)(H,31,32). The smallest absolute Gasteiger partial charge is 0.317 e. The monoisotopic (exact) mass is 462 g/mol. The summed E-state index contributed by atoms with van der Waals surface area (Å²) in [5.41, 5.74) is 0.245. The van der Waals surface area contributed by atoms with Gasteiger partial charge in [0.15, 0.2) is 0 Å². The first-order valence-corrected chi connectivity index (χ1v) is 9.56. The van der Waals surface area contributed by atoms with Crippen LogP contribution in [0.4, 0.5) is 0 Å². The molecule has 0 saturated carbocycles. The Bertz CT molecular complexity index is 681. The molecule has 0 aliphatic heterocycles. The van der Waals surface area contributed by atoms with E-state index in [-0.39, 0.29) is 38.4 Å². The number of amides is 1. The molecule has 0 rings (SSSR count). The van der Waals surface area contributed by atoms with Crippen LogP contribution in [0.5, 0.6) is 0 Å². The SMILES string of the molecule is CC=C(CO)NC(=O)CN(CCN(CCN(CC(=O)O)CC(=O)O)CC(=O)O)CC(=O)O. The molecule has 0 aromatic rings. The molecule has 14 nitrogen and oxygen atoms in total. The Morgan fingerprint density at radius 1 is 0.656 bits per heavy atom. The lowest BCUT2D eigenvalue weighted by Gasteiger charge is -2.27. The van der Waals surface area contributed by atoms with Crippen LogP contribution in [0.15, 0.2) is 11.8 Å². The van der Waals surface area contributed by atoms with Crippen molar-refractivity contribution in [3.8, 4) is 0 Å². The quantitative estimate of drug-likeness (QED) is 0.122. The molecule has 1 amide bonds. The van der Waals surface area contributed by atoms with Gasteiger partial charge in [-0.05, 0) is 6.92 Å². The number of nitrogens with zero attached hydrogens (tertiary/aromatic N) is 3. The summed E-state index contributed by atoms with van der Waals surface area (Å²) in [6, 6.07) is 0. The molecule has 0 aromatic carbocycles. The first kappa shape index (κ1) is 28.9. The zero-order valence-electron chi connectivity index (χ0n) is 17.8. The number of rotatable bonds is 18. The molecule has 0 unspecified atom stereocenters. The van der Waals surface area contributed by atoms with Crippen LogP contribution < -0.4 is 5.32 Å². The van der Waals surface area contributed by atoms with Gasteiger partial charge in [0.05, 0.1) is 39.3 Å². The zero-order valence-corrected chi connectivity index (χ0v) is 17.8. The van der Waals surface area contributed by atoms with Gasteiger partial charge in [-0.25, -0.2) is 0 Å². The average Bonchev–Trinajstić information content (AvgIpc) is 2.66. The van der Waals surface area contributed by atoms with Crippen molar-refractivity contribution in [1.29, 1.82) is 0 Å². The van der Waals surface area contributed by atoms with Crippen LogP contribution >= 0.6 is 0 Å². The zero-order chi connectivity index (χ0) is 24.7. The third-order valence-corrected chi connectivity index (χ3v) is 4.09. The maximum atomic E-state index is 12.1. The predicted octanol–water partition coefficient (Wildman–Crippen LogP) is -2.76. The molecule has 0 fully saturated rings. The summed E-state index contributed by atoms with van der Waals surface area (Å²) >= 11 is 0. The van der Waals surface area contributed by atoms with E-state index in [1.807, 2.05) is 0 Å². The van der Waals surface area contributed by atoms with Gasteiger partial charge < -0.3 is 30.8 Å². The summed E-state index contributed by atoms with van der Waals surface area (Å²) in [6.45, 7) is -1.19. The van der Waals surface area contributed by atoms with Gasteiger partial charge in [-0.3, -0.25) is 38.7 Å². The van der Waals surface area contributed by atoms with E-state index in [0.29, 0.717) is 0 Å². The first-order valence-electron chi connectivity index (χ1n) is 9.56. The third-order valence-electron chi connectivity index (χ3n) is 4.09. The highest BCUT2D eigenvalue weighted by atomic mass is 16.4. The van der Waals surface area contributed by atoms with Crippen molar-refractivity contribution in [3.63, 3.8) is 0 Å². The number of aliphatic carboxylic acids is 4. The number of hydrogen-bond acceptors (Lipinski definition) is 9. The molecular formula is C18H30N4O10. The number of aliphatic hydroxyl groups is 1. The second-order valence-electron chi connectivity index (χ2n) is 6.79. The van der Waals surface area contributed by atoms with Gasteiger partial charge in [-0.2, -0.15) is 0 Å². The topological polar surface area (TPSA) is 208 Å². The van der Waals surface area contributed by atoms with Crippen LogP contribution in [0, 0.1) is 0 Å². The summed E-state index contributed by atoms with van der Waals surface area (Å²) in [7, 11) is 0. The van der Waals surface area contributed by atoms with Gasteiger partial charge in [0.25, 0.3) is 0 Å². The summed E-state index contributed by atoms with van der Waals surface area (Å²) in [6.07, 6.45) is 1.48. The molecule has 0 saturated heterocycles. The van der Waals surface area contributed by atoms with Gasteiger partial charge in [0, 0.05) is 31.9 Å². The van der Waals surface area contributed by atoms with Crippen molar-refractivity contribution < 1.29 is 49.5 Å². The van der Waals surface area contributed by atoms with Crippen LogP contribution in [-0.4, -0.2) is 136 Å². The summed E-state index contributed by atoms with van der Waals surface area (Å²) < 4.78 is 0. The predicted molar refractivity (Wildman–Crippen MR) is 109 cm³/mol. The molecule has 6 N–H and O–H groups in total. The number of hydrogen-bond donors (Lipinski definition) is 6. The van der Waals surface area contributed by atoms with E-state index in [1.54, 1.807) is 6.92 Å². The normalized spacial score (nSPS) is 11.7. The lowest BCUT2D eigenvalue weighted by Crippen LogP contribution is -2.46. The van der Waals surface area contributed by atoms with Crippen LogP contribution in [0.3, 0.4) is 0 Å². The van der Waals surface area contributed by atoms with Crippen molar-refractivity contribution in [3.05, 3.63) is 11.8 Å². The highest BCUT2D eigenvalue weighted by Crippen LogP contribution is 1.98. The Hall–Kier alpha value is -3.07. The number of aliphatic hydroxyl groups excluding tert-OH is 1. The van der Waals surface area contributed by atoms with Crippen LogP contribution in [-0.2, 0) is 24.0 Å². The fraction of sp³-hybridized carbons (Fsp3) is 0.611. The molecule has 0 aliphatic carbocycles. The summed E-state index contributed by atoms with van der Waals surface area (Å²) in [4.78, 5) is 59.9. The van der Waals surface area contributed by atoms with Crippen LogP contribution in [0.1, 0.15) is 6.92 Å². The number of carboxylic acid groups (broad SMARTS) is 4. The minimum absolute atomic E-state index is 0.00480. The molecule has 0 spiro atoms. The minimum Gasteiger partial charge on any atom is -0.480 e. The van der Waals surface area contributed by atoms with Gasteiger partial charge in [0.1, 0.15) is 0 Å². The lowest BCUT2D eigenvalue weighted by molar-refractivity contribution is -0.143. The average molecular weight is 462 g/mol. The molecule has 0 aromatic heterocycles. The fourth-order valence-corrected chi connectivity index (χ4v) is 2.65. The van der Waals surface area contributed by atoms with E-state index >= 15 is 0 Å². The Labute approximate surface area is 184 Å². The van der Waals surface area contributed by atoms with Crippen LogP contribution in [0.2, 0.25) is 0 Å². The Morgan fingerprint density at radius 3 is 1.34 bits per heavy atom. The molecule has 0 bridgehead atoms. The number of carboxylic acids is 4. The molecule has 0 atom stereocenters. The van der Waals surface area contributed by atoms with Gasteiger partial charge >= 0.3 is 23.9 Å². The Morgan fingerprint density at radius 2 is 1.00 bits per heavy atom. The molecule has 0 heterocycles. The highest BCUT2D eigenvalue weighted by Gasteiger charge is 2.19. The van der Waals surface area contributed by atoms with E-state index < -0.39 is 62.6 Å². The third kappa shape index (κ3) is 14.8. The van der Waals surface area contributed by atoms with E-state index in [1.165, 1.54) is 15.9 Å². The lowest BCUT2D eigenvalue weighted by atomic mass is 10.3. The second-order valence-corrected chi connectivity index (χ2v) is 6.79. The second kappa shape index (κ2) is 15.7.